The van der Waals surface area contributed by atoms with Gasteiger partial charge >= 0.3 is 8.60 Å². The quantitative estimate of drug-likeness (QED) is 0.144. The van der Waals surface area contributed by atoms with Crippen LogP contribution in [-0.2, 0) is 40.8 Å². The number of hydrogen-bond acceptors (Lipinski definition) is 6. The molecule has 6 nitrogen and oxygen atoms in total. The Kier molecular flexibility index (Phi) is 9.45. The van der Waals surface area contributed by atoms with Crippen LogP contribution in [0.2, 0.25) is 0 Å². The Bertz CT molecular complexity index is 1640. The minimum atomic E-state index is -2.01. The molecule has 5 aromatic rings. The van der Waals surface area contributed by atoms with Crippen molar-refractivity contribution in [2.45, 2.75) is 68.5 Å². The van der Waals surface area contributed by atoms with Gasteiger partial charge in [-0.3, -0.25) is 13.9 Å². The Morgan fingerprint density at radius 2 is 1.00 bits per heavy atom. The first-order valence-electron chi connectivity index (χ1n) is 17.6. The summed E-state index contributed by atoms with van der Waals surface area (Å²) in [5.41, 5.74) is 2.85. The van der Waals surface area contributed by atoms with E-state index in [2.05, 4.69) is 132 Å². The molecule has 0 amide bonds. The van der Waals surface area contributed by atoms with Crippen LogP contribution in [0.5, 0.6) is 0 Å². The number of ether oxygens (including phenoxy) is 2. The first-order valence-corrected chi connectivity index (χ1v) is 18.7. The molecule has 0 aliphatic carbocycles. The lowest BCUT2D eigenvalue weighted by Gasteiger charge is -2.41. The SMILES string of the molecule is CC1(C)O[C@@H]2[C@@H](O1)C(c1ccccc1)(c1ccccc1)OP(OC[C@@H]1CCCN1Cc1ccccc1)OC2(c1ccccc1)c1ccccc1. The molecule has 0 spiro atoms. The summed E-state index contributed by atoms with van der Waals surface area (Å²) >= 11 is 0. The third-order valence-corrected chi connectivity index (χ3v) is 11.5. The number of nitrogens with zero attached hydrogens (tertiary/aromatic N) is 1. The zero-order valence-corrected chi connectivity index (χ0v) is 29.5. The highest BCUT2D eigenvalue weighted by molar-refractivity contribution is 7.41. The van der Waals surface area contributed by atoms with Gasteiger partial charge in [0, 0.05) is 12.6 Å². The smallest absolute Gasteiger partial charge is 0.335 e. The fourth-order valence-corrected chi connectivity index (χ4v) is 9.50. The van der Waals surface area contributed by atoms with E-state index in [0.29, 0.717) is 6.61 Å². The molecule has 0 aromatic heterocycles. The van der Waals surface area contributed by atoms with Gasteiger partial charge in [-0.15, -0.1) is 0 Å². The highest BCUT2D eigenvalue weighted by Crippen LogP contribution is 2.65. The molecular weight excluding hydrogens is 641 g/mol. The number of hydrogen-bond donors (Lipinski definition) is 0. The third-order valence-electron chi connectivity index (χ3n) is 10.2. The van der Waals surface area contributed by atoms with Crippen LogP contribution in [0.3, 0.4) is 0 Å². The van der Waals surface area contributed by atoms with E-state index < -0.39 is 37.8 Å². The van der Waals surface area contributed by atoms with Crippen LogP contribution in [0.1, 0.15) is 54.5 Å². The maximum absolute atomic E-state index is 7.49. The molecule has 0 unspecified atom stereocenters. The van der Waals surface area contributed by atoms with Crippen molar-refractivity contribution in [1.29, 1.82) is 0 Å². The van der Waals surface area contributed by atoms with Gasteiger partial charge in [0.1, 0.15) is 12.2 Å². The molecule has 0 radical (unpaired) electrons. The van der Waals surface area contributed by atoms with Crippen molar-refractivity contribution < 1.29 is 23.0 Å². The van der Waals surface area contributed by atoms with E-state index in [4.69, 9.17) is 23.0 Å². The Labute approximate surface area is 296 Å². The fraction of sp³-hybridized carbons (Fsp3) is 0.302. The van der Waals surface area contributed by atoms with Gasteiger partial charge in [0.25, 0.3) is 0 Å². The number of rotatable bonds is 9. The van der Waals surface area contributed by atoms with Crippen LogP contribution < -0.4 is 0 Å². The summed E-state index contributed by atoms with van der Waals surface area (Å²) < 4.78 is 36.1. The van der Waals surface area contributed by atoms with E-state index in [-0.39, 0.29) is 6.04 Å². The van der Waals surface area contributed by atoms with E-state index in [1.54, 1.807) is 0 Å². The Morgan fingerprint density at radius 3 is 1.42 bits per heavy atom. The fourth-order valence-electron chi connectivity index (χ4n) is 7.97. The van der Waals surface area contributed by atoms with Gasteiger partial charge in [0.2, 0.25) is 0 Å². The van der Waals surface area contributed by atoms with E-state index in [9.17, 15) is 0 Å². The highest BCUT2D eigenvalue weighted by atomic mass is 31.2. The largest absolute Gasteiger partial charge is 0.341 e. The van der Waals surface area contributed by atoms with Crippen LogP contribution in [-0.4, -0.2) is 42.1 Å². The normalized spacial score (nSPS) is 24.4. The van der Waals surface area contributed by atoms with Gasteiger partial charge in [-0.25, -0.2) is 0 Å². The molecule has 0 bridgehead atoms. The monoisotopic (exact) mass is 685 g/mol. The summed E-state index contributed by atoms with van der Waals surface area (Å²) in [6.07, 6.45) is 0.920. The Hall–Kier alpha value is -3.71. The van der Waals surface area contributed by atoms with E-state index in [1.807, 2.05) is 38.1 Å². The maximum Gasteiger partial charge on any atom is 0.335 e. The van der Waals surface area contributed by atoms with Gasteiger partial charge in [0.05, 0.1) is 6.61 Å². The minimum absolute atomic E-state index is 0.227. The summed E-state index contributed by atoms with van der Waals surface area (Å²) in [6, 6.07) is 52.3. The predicted molar refractivity (Wildman–Crippen MR) is 196 cm³/mol. The molecule has 0 N–H and O–H groups in total. The van der Waals surface area contributed by atoms with E-state index >= 15 is 0 Å². The molecule has 3 aliphatic rings. The van der Waals surface area contributed by atoms with Gasteiger partial charge < -0.3 is 14.0 Å². The van der Waals surface area contributed by atoms with Gasteiger partial charge in [-0.05, 0) is 61.1 Å². The summed E-state index contributed by atoms with van der Waals surface area (Å²) in [6.45, 7) is 6.33. The highest BCUT2D eigenvalue weighted by Gasteiger charge is 2.67. The molecule has 8 rings (SSSR count). The van der Waals surface area contributed by atoms with Crippen LogP contribution >= 0.6 is 8.60 Å². The van der Waals surface area contributed by atoms with Crippen LogP contribution in [0.25, 0.3) is 0 Å². The molecule has 0 saturated carbocycles. The molecule has 3 fully saturated rings. The van der Waals surface area contributed by atoms with E-state index in [0.717, 1.165) is 48.2 Å². The second kappa shape index (κ2) is 14.1. The molecule has 256 valence electrons. The lowest BCUT2D eigenvalue weighted by Crippen LogP contribution is -2.53. The standard InChI is InChI=1S/C43H44NO5P/c1-41(2)46-39-40(47-41)43(36-25-14-6-15-26-36,37-27-16-7-17-28-37)49-50(45-32-38-29-18-30-44(38)31-33-19-8-3-9-20-33)48-42(39,34-21-10-4-11-22-34)35-23-12-5-13-24-35/h3-17,19-28,38-40H,18,29-32H2,1-2H3/t38-,39+,40+/m0/s1. The Balaban J connectivity index is 1.29. The molecule has 3 atom stereocenters. The van der Waals surface area contributed by atoms with Crippen molar-refractivity contribution >= 4 is 8.60 Å². The van der Waals surface area contributed by atoms with Crippen LogP contribution in [0.15, 0.2) is 152 Å². The summed E-state index contributed by atoms with van der Waals surface area (Å²) in [5, 5.41) is 0. The van der Waals surface area contributed by atoms with Crippen molar-refractivity contribution in [3.63, 3.8) is 0 Å². The first kappa shape index (κ1) is 33.4. The molecular formula is C43H44NO5P. The lowest BCUT2D eigenvalue weighted by molar-refractivity contribution is -0.176. The third kappa shape index (κ3) is 6.24. The average Bonchev–Trinajstić information content (AvgIpc) is 3.73. The van der Waals surface area contributed by atoms with Crippen molar-refractivity contribution in [2.24, 2.45) is 0 Å². The first-order chi connectivity index (χ1) is 24.5. The number of likely N-dealkylation sites (tertiary alicyclic amines) is 1. The zero-order chi connectivity index (χ0) is 34.0. The summed E-state index contributed by atoms with van der Waals surface area (Å²) in [5.74, 6) is -0.936. The summed E-state index contributed by atoms with van der Waals surface area (Å²) in [7, 11) is -2.01. The Morgan fingerprint density at radius 1 is 0.600 bits per heavy atom. The molecule has 7 heteroatoms. The number of benzene rings is 5. The van der Waals surface area contributed by atoms with Crippen molar-refractivity contribution in [1.82, 2.24) is 4.90 Å². The molecule has 3 heterocycles. The van der Waals surface area contributed by atoms with Crippen LogP contribution in [0, 0.1) is 0 Å². The van der Waals surface area contributed by atoms with Crippen molar-refractivity contribution in [3.8, 4) is 0 Å². The van der Waals surface area contributed by atoms with Gasteiger partial charge in [-0.1, -0.05) is 152 Å². The van der Waals surface area contributed by atoms with Crippen molar-refractivity contribution in [3.05, 3.63) is 179 Å². The summed E-state index contributed by atoms with van der Waals surface area (Å²) in [4.78, 5) is 2.52. The predicted octanol–water partition coefficient (Wildman–Crippen LogP) is 9.35. The van der Waals surface area contributed by atoms with Gasteiger partial charge in [0.15, 0.2) is 17.0 Å². The number of fused-ring (bicyclic) bond motifs is 1. The van der Waals surface area contributed by atoms with Gasteiger partial charge in [-0.2, -0.15) is 0 Å². The van der Waals surface area contributed by atoms with E-state index in [1.165, 1.54) is 5.56 Å². The molecule has 50 heavy (non-hydrogen) atoms. The average molecular weight is 686 g/mol. The van der Waals surface area contributed by atoms with Crippen molar-refractivity contribution in [2.75, 3.05) is 13.2 Å². The molecule has 5 aromatic carbocycles. The lowest BCUT2D eigenvalue weighted by atomic mass is 9.72. The topological polar surface area (TPSA) is 49.4 Å². The van der Waals surface area contributed by atoms with Crippen LogP contribution in [0.4, 0.5) is 0 Å². The minimum Gasteiger partial charge on any atom is -0.341 e. The second-order valence-corrected chi connectivity index (χ2v) is 14.9. The second-order valence-electron chi connectivity index (χ2n) is 13.9. The molecule has 3 aliphatic heterocycles. The zero-order valence-electron chi connectivity index (χ0n) is 28.6. The maximum atomic E-state index is 7.49. The molecule has 3 saturated heterocycles.